The normalized spacial score (nSPS) is 9.85. The summed E-state index contributed by atoms with van der Waals surface area (Å²) < 4.78 is 11.8. The van der Waals surface area contributed by atoms with Crippen LogP contribution in [0.3, 0.4) is 0 Å². The van der Waals surface area contributed by atoms with Crippen LogP contribution in [-0.4, -0.2) is 7.11 Å². The van der Waals surface area contributed by atoms with Crippen molar-refractivity contribution in [3.63, 3.8) is 0 Å². The highest BCUT2D eigenvalue weighted by molar-refractivity contribution is 9.10. The molecule has 0 aliphatic rings. The number of nitriles is 1. The number of methoxy groups -OCH3 is 1. The zero-order valence-electron chi connectivity index (χ0n) is 10.9. The highest BCUT2D eigenvalue weighted by atomic mass is 79.9. The number of benzene rings is 2. The highest BCUT2D eigenvalue weighted by Gasteiger charge is 2.09. The number of hydrogen-bond acceptors (Lipinski definition) is 4. The molecule has 0 amide bonds. The number of nitrogens with zero attached hydrogens (tertiary/aromatic N) is 1. The Morgan fingerprint density at radius 3 is 2.70 bits per heavy atom. The fourth-order valence-electron chi connectivity index (χ4n) is 1.73. The SMILES string of the molecule is COc1cc(C#N)ccc1OCc1c(N)cccc1Br. The molecule has 2 aromatic carbocycles. The first-order valence-corrected chi connectivity index (χ1v) is 6.69. The third kappa shape index (κ3) is 3.03. The fourth-order valence-corrected chi connectivity index (χ4v) is 2.23. The molecule has 0 unspecified atom stereocenters. The summed E-state index contributed by atoms with van der Waals surface area (Å²) in [5.41, 5.74) is 7.97. The topological polar surface area (TPSA) is 68.3 Å². The second-order valence-electron chi connectivity index (χ2n) is 4.07. The maximum Gasteiger partial charge on any atom is 0.162 e. The van der Waals surface area contributed by atoms with Crippen LogP contribution in [0.1, 0.15) is 11.1 Å². The number of nitrogen functional groups attached to an aromatic ring is 1. The Morgan fingerprint density at radius 2 is 2.05 bits per heavy atom. The van der Waals surface area contributed by atoms with Gasteiger partial charge in [-0.2, -0.15) is 5.26 Å². The van der Waals surface area contributed by atoms with Gasteiger partial charge in [0, 0.05) is 21.8 Å². The standard InChI is InChI=1S/C15H13BrN2O2/c1-19-15-7-10(8-17)5-6-14(15)20-9-11-12(16)3-2-4-13(11)18/h2-7H,9,18H2,1H3. The largest absolute Gasteiger partial charge is 0.493 e. The number of ether oxygens (including phenoxy) is 2. The van der Waals surface area contributed by atoms with Gasteiger partial charge in [0.1, 0.15) is 6.61 Å². The van der Waals surface area contributed by atoms with Crippen molar-refractivity contribution in [3.05, 3.63) is 52.0 Å². The Balaban J connectivity index is 2.21. The summed E-state index contributed by atoms with van der Waals surface area (Å²) in [5, 5.41) is 8.86. The van der Waals surface area contributed by atoms with E-state index >= 15 is 0 Å². The second kappa shape index (κ2) is 6.31. The van der Waals surface area contributed by atoms with Crippen LogP contribution in [0.15, 0.2) is 40.9 Å². The van der Waals surface area contributed by atoms with E-state index in [1.807, 2.05) is 18.2 Å². The van der Waals surface area contributed by atoms with Gasteiger partial charge in [0.25, 0.3) is 0 Å². The molecule has 0 bridgehead atoms. The van der Waals surface area contributed by atoms with Crippen molar-refractivity contribution in [1.82, 2.24) is 0 Å². The first-order valence-electron chi connectivity index (χ1n) is 5.89. The molecule has 0 radical (unpaired) electrons. The molecule has 2 aromatic rings. The summed E-state index contributed by atoms with van der Waals surface area (Å²) in [5.74, 6) is 1.09. The number of halogens is 1. The van der Waals surface area contributed by atoms with E-state index < -0.39 is 0 Å². The molecule has 0 aromatic heterocycles. The zero-order valence-corrected chi connectivity index (χ0v) is 12.5. The zero-order chi connectivity index (χ0) is 14.5. The van der Waals surface area contributed by atoms with Crippen molar-refractivity contribution in [2.24, 2.45) is 0 Å². The second-order valence-corrected chi connectivity index (χ2v) is 4.93. The molecule has 0 spiro atoms. The van der Waals surface area contributed by atoms with Crippen LogP contribution in [0.5, 0.6) is 11.5 Å². The molecule has 0 heterocycles. The van der Waals surface area contributed by atoms with Gasteiger partial charge in [0.15, 0.2) is 11.5 Å². The molecule has 102 valence electrons. The molecular formula is C15H13BrN2O2. The minimum atomic E-state index is 0.315. The lowest BCUT2D eigenvalue weighted by molar-refractivity contribution is 0.284. The van der Waals surface area contributed by atoms with Gasteiger partial charge in [-0.15, -0.1) is 0 Å². The van der Waals surface area contributed by atoms with E-state index in [9.17, 15) is 0 Å². The summed E-state index contributed by atoms with van der Waals surface area (Å²) in [6.45, 7) is 0.315. The minimum Gasteiger partial charge on any atom is -0.493 e. The van der Waals surface area contributed by atoms with E-state index in [1.54, 1.807) is 18.2 Å². The predicted octanol–water partition coefficient (Wildman–Crippen LogP) is 3.49. The van der Waals surface area contributed by atoms with Gasteiger partial charge < -0.3 is 15.2 Å². The van der Waals surface area contributed by atoms with Gasteiger partial charge in [-0.1, -0.05) is 22.0 Å². The molecular weight excluding hydrogens is 320 g/mol. The summed E-state index contributed by atoms with van der Waals surface area (Å²) in [7, 11) is 1.54. The van der Waals surface area contributed by atoms with Crippen molar-refractivity contribution in [2.75, 3.05) is 12.8 Å². The van der Waals surface area contributed by atoms with Gasteiger partial charge >= 0.3 is 0 Å². The van der Waals surface area contributed by atoms with Crippen LogP contribution in [0.2, 0.25) is 0 Å². The lowest BCUT2D eigenvalue weighted by atomic mass is 10.2. The molecule has 2 N–H and O–H groups in total. The van der Waals surface area contributed by atoms with Crippen molar-refractivity contribution in [1.29, 1.82) is 5.26 Å². The van der Waals surface area contributed by atoms with Crippen molar-refractivity contribution in [3.8, 4) is 17.6 Å². The molecule has 0 saturated heterocycles. The highest BCUT2D eigenvalue weighted by Crippen LogP contribution is 2.30. The monoisotopic (exact) mass is 332 g/mol. The Morgan fingerprint density at radius 1 is 1.25 bits per heavy atom. The molecule has 2 rings (SSSR count). The third-order valence-electron chi connectivity index (χ3n) is 2.82. The van der Waals surface area contributed by atoms with Crippen molar-refractivity contribution in [2.45, 2.75) is 6.61 Å². The van der Waals surface area contributed by atoms with E-state index in [2.05, 4.69) is 22.0 Å². The van der Waals surface area contributed by atoms with Crippen molar-refractivity contribution < 1.29 is 9.47 Å². The predicted molar refractivity (Wildman–Crippen MR) is 80.6 cm³/mol. The van der Waals surface area contributed by atoms with Crippen LogP contribution in [-0.2, 0) is 6.61 Å². The van der Waals surface area contributed by atoms with Gasteiger partial charge in [-0.3, -0.25) is 0 Å². The Kier molecular flexibility index (Phi) is 4.49. The minimum absolute atomic E-state index is 0.315. The molecule has 20 heavy (non-hydrogen) atoms. The molecule has 0 aliphatic heterocycles. The molecule has 0 fully saturated rings. The summed E-state index contributed by atoms with van der Waals surface area (Å²) >= 11 is 3.44. The van der Waals surface area contributed by atoms with E-state index in [-0.39, 0.29) is 0 Å². The lowest BCUT2D eigenvalue weighted by Crippen LogP contribution is -2.02. The number of anilines is 1. The Hall–Kier alpha value is -2.19. The smallest absolute Gasteiger partial charge is 0.162 e. The molecule has 0 atom stereocenters. The lowest BCUT2D eigenvalue weighted by Gasteiger charge is -2.13. The van der Waals surface area contributed by atoms with E-state index in [0.29, 0.717) is 29.4 Å². The molecule has 0 saturated carbocycles. The maximum absolute atomic E-state index is 8.86. The Bertz CT molecular complexity index is 645. The summed E-state index contributed by atoms with van der Waals surface area (Å²) in [6, 6.07) is 12.7. The average Bonchev–Trinajstić information content (AvgIpc) is 2.46. The molecule has 4 nitrogen and oxygen atoms in total. The number of nitrogens with two attached hydrogens (primary N) is 1. The van der Waals surface area contributed by atoms with E-state index in [0.717, 1.165) is 10.0 Å². The van der Waals surface area contributed by atoms with Gasteiger partial charge in [0.2, 0.25) is 0 Å². The van der Waals surface area contributed by atoms with E-state index in [1.165, 1.54) is 7.11 Å². The van der Waals surface area contributed by atoms with Crippen molar-refractivity contribution >= 4 is 21.6 Å². The van der Waals surface area contributed by atoms with Crippen LogP contribution < -0.4 is 15.2 Å². The average molecular weight is 333 g/mol. The van der Waals surface area contributed by atoms with Crippen LogP contribution in [0.4, 0.5) is 5.69 Å². The van der Waals surface area contributed by atoms with E-state index in [4.69, 9.17) is 20.5 Å². The van der Waals surface area contributed by atoms with Crippen LogP contribution >= 0.6 is 15.9 Å². The maximum atomic E-state index is 8.86. The number of rotatable bonds is 4. The molecule has 0 aliphatic carbocycles. The summed E-state index contributed by atoms with van der Waals surface area (Å²) in [6.07, 6.45) is 0. The number of hydrogen-bond donors (Lipinski definition) is 1. The third-order valence-corrected chi connectivity index (χ3v) is 3.56. The first kappa shape index (κ1) is 14.2. The summed E-state index contributed by atoms with van der Waals surface area (Å²) in [4.78, 5) is 0. The fraction of sp³-hybridized carbons (Fsp3) is 0.133. The Labute approximate surface area is 125 Å². The van der Waals surface area contributed by atoms with Gasteiger partial charge in [-0.05, 0) is 24.3 Å². The quantitative estimate of drug-likeness (QED) is 0.870. The van der Waals surface area contributed by atoms with Crippen LogP contribution in [0.25, 0.3) is 0 Å². The molecule has 5 heteroatoms. The van der Waals surface area contributed by atoms with Gasteiger partial charge in [-0.25, -0.2) is 0 Å². The van der Waals surface area contributed by atoms with Gasteiger partial charge in [0.05, 0.1) is 18.7 Å². The van der Waals surface area contributed by atoms with Crippen LogP contribution in [0, 0.1) is 11.3 Å². The first-order chi connectivity index (χ1) is 9.65.